The average molecular weight is 327 g/mol. The molecule has 0 aliphatic rings. The van der Waals surface area contributed by atoms with Gasteiger partial charge in [0.1, 0.15) is 14.1 Å². The van der Waals surface area contributed by atoms with Gasteiger partial charge in [-0.1, -0.05) is 20.8 Å². The maximum absolute atomic E-state index is 12.5. The summed E-state index contributed by atoms with van der Waals surface area (Å²) in [6.45, 7) is 9.93. The summed E-state index contributed by atoms with van der Waals surface area (Å²) in [5, 5.41) is 5.26. The molecule has 0 saturated heterocycles. The van der Waals surface area contributed by atoms with Crippen molar-refractivity contribution in [3.05, 3.63) is 11.2 Å². The first-order valence-electron chi connectivity index (χ1n) is 5.67. The second kappa shape index (κ2) is 5.19. The second-order valence-corrected chi connectivity index (χ2v) is 14.0. The third-order valence-corrected chi connectivity index (χ3v) is 12.2. The molecule has 0 radical (unpaired) electrons. The van der Waals surface area contributed by atoms with Gasteiger partial charge in [0.15, 0.2) is 13.2 Å². The van der Waals surface area contributed by atoms with Crippen LogP contribution in [0.2, 0.25) is 18.1 Å². The van der Waals surface area contributed by atoms with Gasteiger partial charge in [0, 0.05) is 0 Å². The summed E-state index contributed by atoms with van der Waals surface area (Å²) < 4.78 is 41.9. The third kappa shape index (κ3) is 3.80. The summed E-state index contributed by atoms with van der Waals surface area (Å²) in [6.07, 6.45) is -1.53. The molecule has 1 atom stereocenters. The highest BCUT2D eigenvalue weighted by Crippen LogP contribution is 2.38. The topological polar surface area (TPSA) is 68.3 Å². The van der Waals surface area contributed by atoms with Crippen LogP contribution in [0.15, 0.2) is 14.4 Å². The summed E-state index contributed by atoms with van der Waals surface area (Å²) in [4.78, 5) is 3.54. The van der Waals surface area contributed by atoms with Crippen LogP contribution in [0.4, 0.5) is 8.78 Å². The lowest BCUT2D eigenvalue weighted by atomic mass is 10.2. The van der Waals surface area contributed by atoms with E-state index < -0.39 is 24.6 Å². The number of aromatic nitrogens is 1. The van der Waals surface area contributed by atoms with Crippen molar-refractivity contribution in [3.8, 4) is 0 Å². The predicted octanol–water partition coefficient (Wildman–Crippen LogP) is 3.79. The molecular weight excluding hydrogens is 308 g/mol. The minimum Gasteiger partial charge on any atom is -0.261 e. The standard InChI is InChI=1S/C10H19F2N3OS2Si/c1-10(2,3)19(4,5)15-18(13,16)7-6-14-9(17-7)8(11)12/h6,8H,1-5H3,(H2,13,15,16). The Hall–Kier alpha value is -0.383. The summed E-state index contributed by atoms with van der Waals surface area (Å²) >= 11 is 0.666. The van der Waals surface area contributed by atoms with Crippen LogP contribution in [-0.2, 0) is 9.92 Å². The van der Waals surface area contributed by atoms with E-state index in [0.717, 1.165) is 6.20 Å². The van der Waals surface area contributed by atoms with E-state index in [4.69, 9.17) is 5.14 Å². The molecule has 4 nitrogen and oxygen atoms in total. The quantitative estimate of drug-likeness (QED) is 0.858. The molecule has 0 spiro atoms. The van der Waals surface area contributed by atoms with Gasteiger partial charge in [0.2, 0.25) is 0 Å². The molecule has 1 heterocycles. The first kappa shape index (κ1) is 16.7. The maximum Gasteiger partial charge on any atom is 0.289 e. The first-order chi connectivity index (χ1) is 8.37. The number of halogens is 2. The van der Waals surface area contributed by atoms with Gasteiger partial charge in [-0.05, 0) is 18.1 Å². The summed E-state index contributed by atoms with van der Waals surface area (Å²) in [5.41, 5.74) is 0. The van der Waals surface area contributed by atoms with E-state index in [2.05, 4.69) is 9.01 Å². The average Bonchev–Trinajstić information content (AvgIpc) is 2.62. The van der Waals surface area contributed by atoms with Gasteiger partial charge in [-0.25, -0.2) is 23.1 Å². The second-order valence-electron chi connectivity index (χ2n) is 5.79. The van der Waals surface area contributed by atoms with E-state index in [-0.39, 0.29) is 14.3 Å². The Morgan fingerprint density at radius 3 is 2.37 bits per heavy atom. The van der Waals surface area contributed by atoms with Crippen LogP contribution in [0.25, 0.3) is 0 Å². The van der Waals surface area contributed by atoms with Crippen LogP contribution >= 0.6 is 11.3 Å². The molecule has 9 heteroatoms. The summed E-state index contributed by atoms with van der Waals surface area (Å²) in [5.74, 6) is 0. The lowest BCUT2D eigenvalue weighted by molar-refractivity contribution is 0.151. The van der Waals surface area contributed by atoms with Gasteiger partial charge in [0.05, 0.1) is 6.20 Å². The van der Waals surface area contributed by atoms with Gasteiger partial charge in [0.25, 0.3) is 6.43 Å². The highest BCUT2D eigenvalue weighted by Gasteiger charge is 2.37. The highest BCUT2D eigenvalue weighted by molar-refractivity contribution is 7.94. The fourth-order valence-corrected chi connectivity index (χ4v) is 6.98. The monoisotopic (exact) mass is 327 g/mol. The molecule has 0 amide bonds. The molecule has 2 N–H and O–H groups in total. The highest BCUT2D eigenvalue weighted by atomic mass is 32.2. The number of nitrogens with zero attached hydrogens (tertiary/aromatic N) is 2. The maximum atomic E-state index is 12.5. The minimum absolute atomic E-state index is 0.118. The molecule has 0 saturated carbocycles. The summed E-state index contributed by atoms with van der Waals surface area (Å²) in [7, 11) is -5.38. The Bertz CT molecular complexity index is 572. The molecular formula is C10H19F2N3OS2Si. The molecule has 0 aromatic carbocycles. The Labute approximate surface area is 117 Å². The number of alkyl halides is 2. The Morgan fingerprint density at radius 1 is 1.47 bits per heavy atom. The lowest BCUT2D eigenvalue weighted by Gasteiger charge is -2.32. The fourth-order valence-electron chi connectivity index (χ4n) is 1.03. The predicted molar refractivity (Wildman–Crippen MR) is 77.3 cm³/mol. The zero-order chi connectivity index (χ0) is 15.1. The molecule has 1 aromatic rings. The van der Waals surface area contributed by atoms with E-state index in [0.29, 0.717) is 11.3 Å². The normalized spacial score (nSPS) is 16.5. The fraction of sp³-hybridized carbons (Fsp3) is 0.700. The molecule has 1 rings (SSSR count). The Kier molecular flexibility index (Phi) is 4.55. The van der Waals surface area contributed by atoms with E-state index in [1.54, 1.807) is 0 Å². The van der Waals surface area contributed by atoms with E-state index in [1.807, 2.05) is 33.9 Å². The SMILES string of the molecule is CC(C)(C)[Si](C)(C)N=S(N)(=O)c1cnc(C(F)F)s1. The molecule has 1 unspecified atom stereocenters. The van der Waals surface area contributed by atoms with Crippen LogP contribution in [0.3, 0.4) is 0 Å². The zero-order valence-electron chi connectivity index (χ0n) is 11.6. The van der Waals surface area contributed by atoms with Crippen LogP contribution in [0.1, 0.15) is 32.2 Å². The molecule has 0 fully saturated rings. The van der Waals surface area contributed by atoms with Gasteiger partial charge < -0.3 is 0 Å². The van der Waals surface area contributed by atoms with E-state index in [1.165, 1.54) is 0 Å². The van der Waals surface area contributed by atoms with Crippen molar-refractivity contribution in [2.24, 2.45) is 9.17 Å². The number of hydrogen-bond acceptors (Lipinski definition) is 4. The molecule has 0 aliphatic carbocycles. The molecule has 0 aliphatic heterocycles. The smallest absolute Gasteiger partial charge is 0.261 e. The largest absolute Gasteiger partial charge is 0.289 e. The van der Waals surface area contributed by atoms with E-state index >= 15 is 0 Å². The van der Waals surface area contributed by atoms with Gasteiger partial charge in [-0.2, -0.15) is 0 Å². The number of nitrogens with two attached hydrogens (primary N) is 1. The minimum atomic E-state index is -3.15. The van der Waals surface area contributed by atoms with Crippen LogP contribution in [0.5, 0.6) is 0 Å². The lowest BCUT2D eigenvalue weighted by Crippen LogP contribution is -2.37. The zero-order valence-corrected chi connectivity index (χ0v) is 14.2. The van der Waals surface area contributed by atoms with Crippen molar-refractivity contribution < 1.29 is 13.0 Å². The van der Waals surface area contributed by atoms with Crippen molar-refractivity contribution in [3.63, 3.8) is 0 Å². The third-order valence-electron chi connectivity index (χ3n) is 3.18. The van der Waals surface area contributed by atoms with Crippen molar-refractivity contribution in [2.75, 3.05) is 0 Å². The number of rotatable bonds is 3. The van der Waals surface area contributed by atoms with Gasteiger partial charge >= 0.3 is 0 Å². The molecule has 110 valence electrons. The first-order valence-corrected chi connectivity index (χ1v) is 11.0. The molecule has 1 aromatic heterocycles. The molecule has 0 bridgehead atoms. The van der Waals surface area contributed by atoms with Gasteiger partial charge in [-0.15, -0.1) is 11.3 Å². The number of thiazole rings is 1. The summed E-state index contributed by atoms with van der Waals surface area (Å²) in [6, 6.07) is 0. The van der Waals surface area contributed by atoms with Crippen LogP contribution in [-0.4, -0.2) is 17.4 Å². The van der Waals surface area contributed by atoms with Crippen LogP contribution in [0, 0.1) is 0 Å². The Morgan fingerprint density at radius 2 is 2.00 bits per heavy atom. The van der Waals surface area contributed by atoms with Crippen molar-refractivity contribution in [1.29, 1.82) is 0 Å². The van der Waals surface area contributed by atoms with Crippen molar-refractivity contribution in [2.45, 2.75) is 49.5 Å². The van der Waals surface area contributed by atoms with Gasteiger partial charge in [-0.3, -0.25) is 4.03 Å². The number of hydrogen-bond donors (Lipinski definition) is 1. The van der Waals surface area contributed by atoms with Crippen molar-refractivity contribution in [1.82, 2.24) is 4.98 Å². The van der Waals surface area contributed by atoms with Crippen molar-refractivity contribution >= 4 is 29.5 Å². The van der Waals surface area contributed by atoms with Crippen LogP contribution < -0.4 is 5.14 Å². The van der Waals surface area contributed by atoms with E-state index in [9.17, 15) is 13.0 Å². The molecule has 19 heavy (non-hydrogen) atoms. The Balaban J connectivity index is 3.27.